The lowest BCUT2D eigenvalue weighted by molar-refractivity contribution is -0.120. The van der Waals surface area contributed by atoms with E-state index in [1.807, 2.05) is 48.5 Å². The first-order valence-electron chi connectivity index (χ1n) is 13.8. The standard InChI is InChI=1S/C30H35N7O3/c1-35-10-12-36(13-11-35)40-30(38)32-17-22-14-24(15-22)37-18-26(27-28(31)33-20-34-29(27)37)23-8-5-9-25(16-23)39-19-21-6-3-2-4-7-21/h2-9,16,18,20,22,24H,10-15,17,19H2,1H3,(H,32,38)(H2,31,33,34)/t22-,24-. The minimum absolute atomic E-state index is 0.267. The summed E-state index contributed by atoms with van der Waals surface area (Å²) in [6.07, 6.45) is 5.13. The Morgan fingerprint density at radius 2 is 1.85 bits per heavy atom. The Hall–Kier alpha value is -4.15. The molecule has 10 heteroatoms. The summed E-state index contributed by atoms with van der Waals surface area (Å²) in [7, 11) is 2.07. The van der Waals surface area contributed by atoms with E-state index in [2.05, 4.69) is 44.1 Å². The van der Waals surface area contributed by atoms with Crippen molar-refractivity contribution < 1.29 is 14.4 Å². The number of fused-ring (bicyclic) bond motifs is 1. The number of nitrogens with zero attached hydrogens (tertiary/aromatic N) is 5. The van der Waals surface area contributed by atoms with Gasteiger partial charge in [-0.15, -0.1) is 5.06 Å². The molecular weight excluding hydrogens is 506 g/mol. The number of hydrogen-bond donors (Lipinski definition) is 2. The van der Waals surface area contributed by atoms with Crippen molar-refractivity contribution in [1.82, 2.24) is 29.8 Å². The van der Waals surface area contributed by atoms with E-state index >= 15 is 0 Å². The first-order chi connectivity index (χ1) is 19.5. The molecule has 1 aliphatic carbocycles. The van der Waals surface area contributed by atoms with Crippen LogP contribution in [-0.4, -0.2) is 70.4 Å². The number of hydroxylamine groups is 2. The molecular formula is C30H35N7O3. The number of ether oxygens (including phenoxy) is 1. The number of hydrogen-bond acceptors (Lipinski definition) is 8. The summed E-state index contributed by atoms with van der Waals surface area (Å²) in [5.74, 6) is 1.62. The van der Waals surface area contributed by atoms with Crippen LogP contribution in [-0.2, 0) is 11.4 Å². The third-order valence-electron chi connectivity index (χ3n) is 7.85. The molecule has 1 saturated heterocycles. The zero-order valence-corrected chi connectivity index (χ0v) is 22.7. The van der Waals surface area contributed by atoms with E-state index in [-0.39, 0.29) is 12.1 Å². The third-order valence-corrected chi connectivity index (χ3v) is 7.85. The summed E-state index contributed by atoms with van der Waals surface area (Å²) in [6.45, 7) is 4.33. The van der Waals surface area contributed by atoms with Gasteiger partial charge < -0.3 is 30.1 Å². The molecule has 0 atom stereocenters. The molecule has 40 heavy (non-hydrogen) atoms. The van der Waals surface area contributed by atoms with Gasteiger partial charge in [-0.05, 0) is 49.1 Å². The maximum atomic E-state index is 12.3. The van der Waals surface area contributed by atoms with Crippen LogP contribution >= 0.6 is 0 Å². The summed E-state index contributed by atoms with van der Waals surface area (Å²) < 4.78 is 8.28. The number of nitrogens with one attached hydrogen (secondary N) is 1. The molecule has 1 amide bonds. The number of nitrogen functional groups attached to an aromatic ring is 1. The average Bonchev–Trinajstić information content (AvgIpc) is 3.34. The molecule has 6 rings (SSSR count). The fraction of sp³-hybridized carbons (Fsp3) is 0.367. The normalized spacial score (nSPS) is 19.7. The molecule has 1 saturated carbocycles. The Balaban J connectivity index is 1.11. The van der Waals surface area contributed by atoms with Crippen LogP contribution in [0.3, 0.4) is 0 Å². The van der Waals surface area contributed by atoms with Crippen molar-refractivity contribution in [3.05, 3.63) is 72.7 Å². The largest absolute Gasteiger partial charge is 0.489 e. The van der Waals surface area contributed by atoms with Crippen molar-refractivity contribution in [3.63, 3.8) is 0 Å². The summed E-state index contributed by atoms with van der Waals surface area (Å²) in [5.41, 5.74) is 10.3. The number of nitrogens with two attached hydrogens (primary N) is 1. The molecule has 0 unspecified atom stereocenters. The highest BCUT2D eigenvalue weighted by molar-refractivity contribution is 6.00. The second-order valence-electron chi connectivity index (χ2n) is 10.7. The zero-order valence-electron chi connectivity index (χ0n) is 22.7. The lowest BCUT2D eigenvalue weighted by atomic mass is 9.80. The molecule has 2 aromatic heterocycles. The van der Waals surface area contributed by atoms with Crippen LogP contribution in [0.15, 0.2) is 67.1 Å². The van der Waals surface area contributed by atoms with E-state index in [1.54, 1.807) is 5.06 Å². The SMILES string of the molecule is CN1CCN(OC(=O)NC[C@H]2C[C@H](n3cc(-c4cccc(OCc5ccccc5)c4)c4c(N)ncnc43)C2)CC1. The first-order valence-corrected chi connectivity index (χ1v) is 13.8. The summed E-state index contributed by atoms with van der Waals surface area (Å²) in [4.78, 5) is 28.8. The Labute approximate surface area is 233 Å². The van der Waals surface area contributed by atoms with Crippen molar-refractivity contribution in [2.24, 2.45) is 5.92 Å². The van der Waals surface area contributed by atoms with Gasteiger partial charge in [0.05, 0.1) is 5.39 Å². The average molecular weight is 542 g/mol. The molecule has 3 heterocycles. The molecule has 2 fully saturated rings. The number of carbonyl (C=O) groups is 1. The third kappa shape index (κ3) is 5.73. The quantitative estimate of drug-likeness (QED) is 0.343. The van der Waals surface area contributed by atoms with Crippen LogP contribution in [0.5, 0.6) is 5.75 Å². The summed E-state index contributed by atoms with van der Waals surface area (Å²) in [5, 5.41) is 5.52. The fourth-order valence-electron chi connectivity index (χ4n) is 5.45. The topological polar surface area (TPSA) is 111 Å². The number of aromatic nitrogens is 3. The predicted molar refractivity (Wildman–Crippen MR) is 153 cm³/mol. The summed E-state index contributed by atoms with van der Waals surface area (Å²) in [6, 6.07) is 18.4. The van der Waals surface area contributed by atoms with E-state index in [9.17, 15) is 4.79 Å². The maximum Gasteiger partial charge on any atom is 0.426 e. The van der Waals surface area contributed by atoms with E-state index in [0.717, 1.165) is 72.5 Å². The van der Waals surface area contributed by atoms with E-state index in [0.29, 0.717) is 24.9 Å². The monoisotopic (exact) mass is 541 g/mol. The van der Waals surface area contributed by atoms with Gasteiger partial charge >= 0.3 is 6.09 Å². The van der Waals surface area contributed by atoms with Gasteiger partial charge in [0.1, 0.15) is 30.1 Å². The molecule has 0 spiro atoms. The van der Waals surface area contributed by atoms with Gasteiger partial charge in [0.25, 0.3) is 0 Å². The van der Waals surface area contributed by atoms with Crippen LogP contribution < -0.4 is 15.8 Å². The highest BCUT2D eigenvalue weighted by Gasteiger charge is 2.33. The van der Waals surface area contributed by atoms with Crippen LogP contribution in [0.1, 0.15) is 24.4 Å². The number of amides is 1. The summed E-state index contributed by atoms with van der Waals surface area (Å²) >= 11 is 0. The van der Waals surface area contributed by atoms with Gasteiger partial charge in [0.15, 0.2) is 0 Å². The van der Waals surface area contributed by atoms with Gasteiger partial charge in [0.2, 0.25) is 0 Å². The fourth-order valence-corrected chi connectivity index (χ4v) is 5.45. The molecule has 208 valence electrons. The van der Waals surface area contributed by atoms with Crippen LogP contribution in [0.2, 0.25) is 0 Å². The smallest absolute Gasteiger partial charge is 0.426 e. The van der Waals surface area contributed by atoms with Crippen molar-refractivity contribution in [2.75, 3.05) is 45.5 Å². The molecule has 1 aliphatic heterocycles. The van der Waals surface area contributed by atoms with Crippen molar-refractivity contribution >= 4 is 22.9 Å². The highest BCUT2D eigenvalue weighted by Crippen LogP contribution is 2.43. The van der Waals surface area contributed by atoms with Crippen LogP contribution in [0, 0.1) is 5.92 Å². The lowest BCUT2D eigenvalue weighted by Crippen LogP contribution is -2.47. The molecule has 2 aliphatic rings. The maximum absolute atomic E-state index is 12.3. The molecule has 4 aromatic rings. The van der Waals surface area contributed by atoms with Gasteiger partial charge in [-0.3, -0.25) is 0 Å². The van der Waals surface area contributed by atoms with Crippen molar-refractivity contribution in [3.8, 4) is 16.9 Å². The predicted octanol–water partition coefficient (Wildman–Crippen LogP) is 4.10. The van der Waals surface area contributed by atoms with Crippen molar-refractivity contribution in [1.29, 1.82) is 0 Å². The van der Waals surface area contributed by atoms with Gasteiger partial charge in [0, 0.05) is 50.5 Å². The number of piperazine rings is 1. The second-order valence-corrected chi connectivity index (χ2v) is 10.7. The Morgan fingerprint density at radius 3 is 2.65 bits per heavy atom. The minimum Gasteiger partial charge on any atom is -0.489 e. The number of benzene rings is 2. The van der Waals surface area contributed by atoms with E-state index in [1.165, 1.54) is 6.33 Å². The molecule has 0 bridgehead atoms. The molecule has 2 aromatic carbocycles. The first kappa shape index (κ1) is 26.1. The number of carbonyl (C=O) groups excluding carboxylic acids is 1. The van der Waals surface area contributed by atoms with Crippen molar-refractivity contribution in [2.45, 2.75) is 25.5 Å². The zero-order chi connectivity index (χ0) is 27.5. The highest BCUT2D eigenvalue weighted by atomic mass is 16.7. The Kier molecular flexibility index (Phi) is 7.52. The van der Waals surface area contributed by atoms with E-state index in [4.69, 9.17) is 15.3 Å². The van der Waals surface area contributed by atoms with Crippen LogP contribution in [0.25, 0.3) is 22.2 Å². The van der Waals surface area contributed by atoms with Crippen LogP contribution in [0.4, 0.5) is 10.6 Å². The minimum atomic E-state index is -0.378. The van der Waals surface area contributed by atoms with Gasteiger partial charge in [-0.25, -0.2) is 14.8 Å². The number of rotatable bonds is 8. The second kappa shape index (κ2) is 11.5. The number of likely N-dealkylation sites (N-methyl/N-ethyl adjacent to an activating group) is 1. The molecule has 0 radical (unpaired) electrons. The van der Waals surface area contributed by atoms with E-state index < -0.39 is 0 Å². The molecule has 3 N–H and O–H groups in total. The Morgan fingerprint density at radius 1 is 1.05 bits per heavy atom. The number of anilines is 1. The molecule has 10 nitrogen and oxygen atoms in total. The van der Waals surface area contributed by atoms with Gasteiger partial charge in [-0.2, -0.15) is 0 Å². The lowest BCUT2D eigenvalue weighted by Gasteiger charge is -2.37. The van der Waals surface area contributed by atoms with Gasteiger partial charge in [-0.1, -0.05) is 42.5 Å². The Bertz CT molecular complexity index is 1460.